The Kier molecular flexibility index (Phi) is 5.26. The maximum atomic E-state index is 5.40. The summed E-state index contributed by atoms with van der Waals surface area (Å²) in [5.41, 5.74) is 0. The SMILES string of the molecule is CC(C)CN1CCC(CN2CCOCC2)CC1. The van der Waals surface area contributed by atoms with Crippen molar-refractivity contribution in [3.63, 3.8) is 0 Å². The standard InChI is InChI=1S/C14H28N2O/c1-13(2)11-15-5-3-14(4-6-15)12-16-7-9-17-10-8-16/h13-14H,3-12H2,1-2H3. The van der Waals surface area contributed by atoms with Crippen LogP contribution in [0.25, 0.3) is 0 Å². The molecule has 2 heterocycles. The second-order valence-corrected chi connectivity index (χ2v) is 6.05. The lowest BCUT2D eigenvalue weighted by atomic mass is 9.95. The minimum atomic E-state index is 0.811. The molecule has 2 fully saturated rings. The third-order valence-corrected chi connectivity index (χ3v) is 3.95. The molecule has 0 aromatic carbocycles. The molecule has 0 radical (unpaired) electrons. The van der Waals surface area contributed by atoms with Gasteiger partial charge in [0.1, 0.15) is 0 Å². The van der Waals surface area contributed by atoms with Crippen LogP contribution in [0.3, 0.4) is 0 Å². The Morgan fingerprint density at radius 3 is 2.24 bits per heavy atom. The van der Waals surface area contributed by atoms with Gasteiger partial charge in [-0.25, -0.2) is 0 Å². The number of morpholine rings is 1. The van der Waals surface area contributed by atoms with E-state index in [-0.39, 0.29) is 0 Å². The fourth-order valence-electron chi connectivity index (χ4n) is 3.02. The normalized spacial score (nSPS) is 25.6. The molecule has 0 saturated carbocycles. The predicted molar refractivity (Wildman–Crippen MR) is 71.3 cm³/mol. The van der Waals surface area contributed by atoms with Crippen LogP contribution < -0.4 is 0 Å². The summed E-state index contributed by atoms with van der Waals surface area (Å²) >= 11 is 0. The molecule has 2 aliphatic rings. The Bertz CT molecular complexity index is 206. The van der Waals surface area contributed by atoms with Gasteiger partial charge >= 0.3 is 0 Å². The molecule has 17 heavy (non-hydrogen) atoms. The fourth-order valence-corrected chi connectivity index (χ4v) is 3.02. The first-order chi connectivity index (χ1) is 8.24. The lowest BCUT2D eigenvalue weighted by Crippen LogP contribution is -2.43. The van der Waals surface area contributed by atoms with Crippen molar-refractivity contribution in [2.24, 2.45) is 11.8 Å². The Balaban J connectivity index is 1.64. The summed E-state index contributed by atoms with van der Waals surface area (Å²) in [5.74, 6) is 1.74. The van der Waals surface area contributed by atoms with Gasteiger partial charge in [0.2, 0.25) is 0 Å². The largest absolute Gasteiger partial charge is 0.379 e. The molecule has 100 valence electrons. The van der Waals surface area contributed by atoms with Crippen molar-refractivity contribution in [2.45, 2.75) is 26.7 Å². The zero-order chi connectivity index (χ0) is 12.1. The van der Waals surface area contributed by atoms with Gasteiger partial charge in [-0.05, 0) is 37.8 Å². The Labute approximate surface area is 106 Å². The van der Waals surface area contributed by atoms with Crippen molar-refractivity contribution in [1.29, 1.82) is 0 Å². The zero-order valence-electron chi connectivity index (χ0n) is 11.5. The van der Waals surface area contributed by atoms with E-state index in [0.29, 0.717) is 0 Å². The number of likely N-dealkylation sites (tertiary alicyclic amines) is 1. The van der Waals surface area contributed by atoms with E-state index in [1.54, 1.807) is 0 Å². The van der Waals surface area contributed by atoms with Crippen LogP contribution in [0.5, 0.6) is 0 Å². The van der Waals surface area contributed by atoms with E-state index in [9.17, 15) is 0 Å². The van der Waals surface area contributed by atoms with Gasteiger partial charge in [-0.3, -0.25) is 4.90 Å². The fraction of sp³-hybridized carbons (Fsp3) is 1.00. The van der Waals surface area contributed by atoms with E-state index in [1.807, 2.05) is 0 Å². The minimum Gasteiger partial charge on any atom is -0.379 e. The number of nitrogens with zero attached hydrogens (tertiary/aromatic N) is 2. The van der Waals surface area contributed by atoms with Crippen molar-refractivity contribution in [2.75, 3.05) is 52.5 Å². The van der Waals surface area contributed by atoms with E-state index in [0.717, 1.165) is 38.1 Å². The first-order valence-corrected chi connectivity index (χ1v) is 7.26. The number of piperidine rings is 1. The molecule has 2 saturated heterocycles. The van der Waals surface area contributed by atoms with Crippen LogP contribution >= 0.6 is 0 Å². The van der Waals surface area contributed by atoms with Gasteiger partial charge in [0.05, 0.1) is 13.2 Å². The predicted octanol–water partition coefficient (Wildman–Crippen LogP) is 1.69. The maximum Gasteiger partial charge on any atom is 0.0594 e. The summed E-state index contributed by atoms with van der Waals surface area (Å²) in [5, 5.41) is 0. The molecule has 0 spiro atoms. The first kappa shape index (κ1) is 13.3. The summed E-state index contributed by atoms with van der Waals surface area (Å²) in [6.07, 6.45) is 2.79. The molecule has 0 bridgehead atoms. The van der Waals surface area contributed by atoms with E-state index >= 15 is 0 Å². The Morgan fingerprint density at radius 1 is 1.00 bits per heavy atom. The van der Waals surface area contributed by atoms with Gasteiger partial charge < -0.3 is 9.64 Å². The van der Waals surface area contributed by atoms with Gasteiger partial charge in [-0.15, -0.1) is 0 Å². The highest BCUT2D eigenvalue weighted by atomic mass is 16.5. The molecule has 0 aromatic heterocycles. The second-order valence-electron chi connectivity index (χ2n) is 6.05. The molecule has 3 nitrogen and oxygen atoms in total. The van der Waals surface area contributed by atoms with Crippen LogP contribution in [-0.4, -0.2) is 62.3 Å². The number of ether oxygens (including phenoxy) is 1. The summed E-state index contributed by atoms with van der Waals surface area (Å²) in [7, 11) is 0. The second kappa shape index (κ2) is 6.72. The summed E-state index contributed by atoms with van der Waals surface area (Å²) in [6, 6.07) is 0. The highest BCUT2D eigenvalue weighted by Crippen LogP contribution is 2.19. The highest BCUT2D eigenvalue weighted by Gasteiger charge is 2.22. The molecule has 0 aliphatic carbocycles. The summed E-state index contributed by atoms with van der Waals surface area (Å²) in [6.45, 7) is 14.0. The van der Waals surface area contributed by atoms with E-state index in [2.05, 4.69) is 23.6 Å². The average molecular weight is 240 g/mol. The molecule has 0 N–H and O–H groups in total. The molecule has 0 amide bonds. The molecule has 0 aromatic rings. The topological polar surface area (TPSA) is 15.7 Å². The zero-order valence-corrected chi connectivity index (χ0v) is 11.5. The quantitative estimate of drug-likeness (QED) is 0.744. The summed E-state index contributed by atoms with van der Waals surface area (Å²) < 4.78 is 5.40. The van der Waals surface area contributed by atoms with Crippen molar-refractivity contribution in [3.05, 3.63) is 0 Å². The van der Waals surface area contributed by atoms with Crippen LogP contribution in [-0.2, 0) is 4.74 Å². The third-order valence-electron chi connectivity index (χ3n) is 3.95. The highest BCUT2D eigenvalue weighted by molar-refractivity contribution is 4.76. The van der Waals surface area contributed by atoms with E-state index in [1.165, 1.54) is 39.0 Å². The first-order valence-electron chi connectivity index (χ1n) is 7.26. The van der Waals surface area contributed by atoms with E-state index < -0.39 is 0 Å². The van der Waals surface area contributed by atoms with Crippen LogP contribution in [0.2, 0.25) is 0 Å². The van der Waals surface area contributed by atoms with Gasteiger partial charge in [0.25, 0.3) is 0 Å². The van der Waals surface area contributed by atoms with Gasteiger partial charge in [0.15, 0.2) is 0 Å². The molecule has 0 atom stereocenters. The number of rotatable bonds is 4. The van der Waals surface area contributed by atoms with Crippen molar-refractivity contribution in [3.8, 4) is 0 Å². The van der Waals surface area contributed by atoms with Gasteiger partial charge in [-0.1, -0.05) is 13.8 Å². The lowest BCUT2D eigenvalue weighted by Gasteiger charge is -2.36. The van der Waals surface area contributed by atoms with Crippen molar-refractivity contribution >= 4 is 0 Å². The third kappa shape index (κ3) is 4.57. The van der Waals surface area contributed by atoms with Gasteiger partial charge in [0, 0.05) is 26.2 Å². The van der Waals surface area contributed by atoms with Gasteiger partial charge in [-0.2, -0.15) is 0 Å². The maximum absolute atomic E-state index is 5.40. The Morgan fingerprint density at radius 2 is 1.65 bits per heavy atom. The monoisotopic (exact) mass is 240 g/mol. The van der Waals surface area contributed by atoms with Crippen LogP contribution in [0.1, 0.15) is 26.7 Å². The summed E-state index contributed by atoms with van der Waals surface area (Å²) in [4.78, 5) is 5.23. The molecular weight excluding hydrogens is 212 g/mol. The lowest BCUT2D eigenvalue weighted by molar-refractivity contribution is 0.0241. The molecular formula is C14H28N2O. The van der Waals surface area contributed by atoms with E-state index in [4.69, 9.17) is 4.74 Å². The van der Waals surface area contributed by atoms with Crippen molar-refractivity contribution in [1.82, 2.24) is 9.80 Å². The smallest absolute Gasteiger partial charge is 0.0594 e. The molecule has 2 aliphatic heterocycles. The van der Waals surface area contributed by atoms with Crippen LogP contribution in [0.15, 0.2) is 0 Å². The molecule has 0 unspecified atom stereocenters. The van der Waals surface area contributed by atoms with Crippen molar-refractivity contribution < 1.29 is 4.74 Å². The van der Waals surface area contributed by atoms with Crippen LogP contribution in [0.4, 0.5) is 0 Å². The molecule has 2 rings (SSSR count). The van der Waals surface area contributed by atoms with Crippen LogP contribution in [0, 0.1) is 11.8 Å². The average Bonchev–Trinajstić information content (AvgIpc) is 2.32. The Hall–Kier alpha value is -0.120. The molecule has 3 heteroatoms. The minimum absolute atomic E-state index is 0.811. The number of hydrogen-bond acceptors (Lipinski definition) is 3. The number of hydrogen-bond donors (Lipinski definition) is 0.